The van der Waals surface area contributed by atoms with Crippen LogP contribution in [0, 0.1) is 5.82 Å². The minimum atomic E-state index is -0.325. The van der Waals surface area contributed by atoms with Crippen LogP contribution in [0.4, 0.5) is 4.39 Å². The fraction of sp³-hybridized carbons (Fsp3) is 0.250. The number of hydrogen-bond acceptors (Lipinski definition) is 3. The van der Waals surface area contributed by atoms with Gasteiger partial charge < -0.3 is 9.73 Å². The Labute approximate surface area is 107 Å². The minimum Gasteiger partial charge on any atom is -0.444 e. The molecule has 0 amide bonds. The Morgan fingerprint density at radius 3 is 3.00 bits per heavy atom. The second kappa shape index (κ2) is 5.42. The van der Waals surface area contributed by atoms with Crippen molar-refractivity contribution in [3.05, 3.63) is 40.4 Å². The van der Waals surface area contributed by atoms with Gasteiger partial charge in [-0.3, -0.25) is 0 Å². The lowest BCUT2D eigenvalue weighted by atomic mass is 10.2. The summed E-state index contributed by atoms with van der Waals surface area (Å²) in [4.78, 5) is 4.28. The molecule has 1 aromatic heterocycles. The maximum atomic E-state index is 13.3. The van der Waals surface area contributed by atoms with E-state index >= 15 is 0 Å². The summed E-state index contributed by atoms with van der Waals surface area (Å²) in [6.45, 7) is 3.54. The quantitative estimate of drug-likeness (QED) is 0.941. The second-order valence-electron chi connectivity index (χ2n) is 3.55. The summed E-state index contributed by atoms with van der Waals surface area (Å²) < 4.78 is 19.1. The first kappa shape index (κ1) is 12.3. The molecule has 0 aliphatic carbocycles. The lowest BCUT2D eigenvalue weighted by Gasteiger charge is -1.97. The monoisotopic (exact) mass is 298 g/mol. The molecule has 0 aliphatic rings. The van der Waals surface area contributed by atoms with Gasteiger partial charge in [-0.25, -0.2) is 9.37 Å². The van der Waals surface area contributed by atoms with Crippen LogP contribution < -0.4 is 5.32 Å². The van der Waals surface area contributed by atoms with Crippen molar-refractivity contribution < 1.29 is 8.81 Å². The summed E-state index contributed by atoms with van der Waals surface area (Å²) >= 11 is 3.11. The maximum absolute atomic E-state index is 13.3. The molecule has 0 aliphatic heterocycles. The van der Waals surface area contributed by atoms with Gasteiger partial charge in [-0.1, -0.05) is 6.92 Å². The molecule has 17 heavy (non-hydrogen) atoms. The standard InChI is InChI=1S/C12H12BrFN2O/c1-2-15-6-9-7-17-12(16-9)8-3-4-10(13)11(14)5-8/h3-5,7,15H,2,6H2,1H3. The fourth-order valence-corrected chi connectivity index (χ4v) is 1.65. The van der Waals surface area contributed by atoms with Crippen molar-refractivity contribution in [3.8, 4) is 11.5 Å². The van der Waals surface area contributed by atoms with E-state index in [9.17, 15) is 4.39 Å². The normalized spacial score (nSPS) is 10.8. The van der Waals surface area contributed by atoms with Crippen LogP contribution in [0.25, 0.3) is 11.5 Å². The van der Waals surface area contributed by atoms with Crippen LogP contribution in [0.1, 0.15) is 12.6 Å². The zero-order chi connectivity index (χ0) is 12.3. The maximum Gasteiger partial charge on any atom is 0.226 e. The van der Waals surface area contributed by atoms with Crippen LogP contribution in [0.3, 0.4) is 0 Å². The van der Waals surface area contributed by atoms with Crippen molar-refractivity contribution in [2.24, 2.45) is 0 Å². The van der Waals surface area contributed by atoms with Crippen LogP contribution in [0.15, 0.2) is 33.4 Å². The van der Waals surface area contributed by atoms with Crippen LogP contribution in [0.5, 0.6) is 0 Å². The van der Waals surface area contributed by atoms with Gasteiger partial charge in [-0.05, 0) is 40.7 Å². The molecule has 5 heteroatoms. The largest absolute Gasteiger partial charge is 0.444 e. The molecule has 90 valence electrons. The van der Waals surface area contributed by atoms with Gasteiger partial charge in [0, 0.05) is 12.1 Å². The topological polar surface area (TPSA) is 38.1 Å². The number of nitrogens with zero attached hydrogens (tertiary/aromatic N) is 1. The van der Waals surface area contributed by atoms with E-state index in [-0.39, 0.29) is 5.82 Å². The number of oxazole rings is 1. The Morgan fingerprint density at radius 1 is 1.47 bits per heavy atom. The molecule has 0 bridgehead atoms. The summed E-state index contributed by atoms with van der Waals surface area (Å²) in [5.41, 5.74) is 1.44. The van der Waals surface area contributed by atoms with Gasteiger partial charge in [0.05, 0.1) is 10.2 Å². The van der Waals surface area contributed by atoms with E-state index in [0.29, 0.717) is 22.5 Å². The smallest absolute Gasteiger partial charge is 0.226 e. The average molecular weight is 299 g/mol. The molecule has 0 atom stereocenters. The molecule has 3 nitrogen and oxygen atoms in total. The third-order valence-corrected chi connectivity index (χ3v) is 2.92. The minimum absolute atomic E-state index is 0.325. The number of nitrogens with one attached hydrogen (secondary N) is 1. The summed E-state index contributed by atoms with van der Waals surface area (Å²) in [6.07, 6.45) is 1.58. The number of rotatable bonds is 4. The SMILES string of the molecule is CCNCc1coc(-c2ccc(Br)c(F)c2)n1. The number of hydrogen-bond donors (Lipinski definition) is 1. The molecule has 0 fully saturated rings. The van der Waals surface area contributed by atoms with Gasteiger partial charge in [0.2, 0.25) is 5.89 Å². The van der Waals surface area contributed by atoms with E-state index in [1.807, 2.05) is 6.92 Å². The van der Waals surface area contributed by atoms with Gasteiger partial charge >= 0.3 is 0 Å². The van der Waals surface area contributed by atoms with Gasteiger partial charge in [0.15, 0.2) is 0 Å². The average Bonchev–Trinajstić information content (AvgIpc) is 2.79. The molecule has 0 radical (unpaired) electrons. The van der Waals surface area contributed by atoms with Crippen molar-refractivity contribution in [1.29, 1.82) is 0 Å². The van der Waals surface area contributed by atoms with E-state index in [1.165, 1.54) is 6.07 Å². The fourth-order valence-electron chi connectivity index (χ4n) is 1.40. The Bertz CT molecular complexity index is 513. The van der Waals surface area contributed by atoms with E-state index in [0.717, 1.165) is 12.2 Å². The molecule has 1 N–H and O–H groups in total. The molecule has 2 aromatic rings. The Kier molecular flexibility index (Phi) is 3.91. The third kappa shape index (κ3) is 2.92. The summed E-state index contributed by atoms with van der Waals surface area (Å²) in [7, 11) is 0. The van der Waals surface area contributed by atoms with Gasteiger partial charge in [0.25, 0.3) is 0 Å². The van der Waals surface area contributed by atoms with E-state index in [4.69, 9.17) is 4.42 Å². The first-order valence-electron chi connectivity index (χ1n) is 5.31. The molecule has 1 aromatic carbocycles. The van der Waals surface area contributed by atoms with Crippen molar-refractivity contribution in [2.75, 3.05) is 6.54 Å². The first-order chi connectivity index (χ1) is 8.20. The molecule has 0 saturated carbocycles. The zero-order valence-electron chi connectivity index (χ0n) is 9.34. The van der Waals surface area contributed by atoms with Gasteiger partial charge in [-0.2, -0.15) is 0 Å². The third-order valence-electron chi connectivity index (χ3n) is 2.27. The van der Waals surface area contributed by atoms with Crippen molar-refractivity contribution in [2.45, 2.75) is 13.5 Å². The van der Waals surface area contributed by atoms with E-state index < -0.39 is 0 Å². The van der Waals surface area contributed by atoms with Crippen LogP contribution in [-0.2, 0) is 6.54 Å². The molecule has 0 spiro atoms. The lowest BCUT2D eigenvalue weighted by molar-refractivity contribution is 0.568. The highest BCUT2D eigenvalue weighted by atomic mass is 79.9. The van der Waals surface area contributed by atoms with E-state index in [2.05, 4.69) is 26.2 Å². The highest BCUT2D eigenvalue weighted by Crippen LogP contribution is 2.23. The Balaban J connectivity index is 2.21. The number of aromatic nitrogens is 1. The van der Waals surface area contributed by atoms with Crippen LogP contribution >= 0.6 is 15.9 Å². The second-order valence-corrected chi connectivity index (χ2v) is 4.41. The molecular formula is C12H12BrFN2O. The number of halogens is 2. The first-order valence-corrected chi connectivity index (χ1v) is 6.10. The zero-order valence-corrected chi connectivity index (χ0v) is 10.9. The highest BCUT2D eigenvalue weighted by Gasteiger charge is 2.08. The molecular weight excluding hydrogens is 287 g/mol. The molecule has 1 heterocycles. The summed E-state index contributed by atoms with van der Waals surface area (Å²) in [6, 6.07) is 4.79. The van der Waals surface area contributed by atoms with Gasteiger partial charge in [-0.15, -0.1) is 0 Å². The van der Waals surface area contributed by atoms with Crippen LogP contribution in [-0.4, -0.2) is 11.5 Å². The van der Waals surface area contributed by atoms with Crippen LogP contribution in [0.2, 0.25) is 0 Å². The van der Waals surface area contributed by atoms with E-state index in [1.54, 1.807) is 18.4 Å². The van der Waals surface area contributed by atoms with Crippen molar-refractivity contribution in [1.82, 2.24) is 10.3 Å². The predicted molar refractivity (Wildman–Crippen MR) is 67.0 cm³/mol. The number of benzene rings is 1. The Morgan fingerprint density at radius 2 is 2.29 bits per heavy atom. The molecule has 2 rings (SSSR count). The van der Waals surface area contributed by atoms with Gasteiger partial charge in [0.1, 0.15) is 12.1 Å². The van der Waals surface area contributed by atoms with Crippen molar-refractivity contribution >= 4 is 15.9 Å². The molecule has 0 unspecified atom stereocenters. The molecule has 0 saturated heterocycles. The summed E-state index contributed by atoms with van der Waals surface area (Å²) in [5, 5.41) is 3.15. The lowest BCUT2D eigenvalue weighted by Crippen LogP contribution is -2.11. The highest BCUT2D eigenvalue weighted by molar-refractivity contribution is 9.10. The summed E-state index contributed by atoms with van der Waals surface area (Å²) in [5.74, 6) is 0.109. The Hall–Kier alpha value is -1.20. The van der Waals surface area contributed by atoms with Crippen molar-refractivity contribution in [3.63, 3.8) is 0 Å². The predicted octanol–water partition coefficient (Wildman–Crippen LogP) is 3.35.